The molecule has 3 nitrogen and oxygen atoms in total. The van der Waals surface area contributed by atoms with Crippen LogP contribution in [0.5, 0.6) is 0 Å². The zero-order valence-electron chi connectivity index (χ0n) is 9.88. The van der Waals surface area contributed by atoms with Crippen molar-refractivity contribution in [3.63, 3.8) is 0 Å². The van der Waals surface area contributed by atoms with Crippen LogP contribution in [0.4, 0.5) is 0 Å². The summed E-state index contributed by atoms with van der Waals surface area (Å²) < 4.78 is 0. The number of piperidine rings is 2. The van der Waals surface area contributed by atoms with E-state index in [1.807, 2.05) is 0 Å². The molecule has 0 aliphatic carbocycles. The number of amides is 1. The molecule has 0 bridgehead atoms. The Kier molecular flexibility index (Phi) is 3.01. The van der Waals surface area contributed by atoms with Gasteiger partial charge in [0.15, 0.2) is 0 Å². The van der Waals surface area contributed by atoms with Crippen molar-refractivity contribution in [3.8, 4) is 0 Å². The molecule has 0 saturated carbocycles. The van der Waals surface area contributed by atoms with Crippen LogP contribution in [-0.4, -0.2) is 36.5 Å². The summed E-state index contributed by atoms with van der Waals surface area (Å²) in [6, 6.07) is 0.358. The highest BCUT2D eigenvalue weighted by Crippen LogP contribution is 2.37. The second kappa shape index (κ2) is 4.12. The van der Waals surface area contributed by atoms with Crippen molar-refractivity contribution < 1.29 is 4.79 Å². The third kappa shape index (κ3) is 1.89. The maximum Gasteiger partial charge on any atom is 0.230 e. The van der Waals surface area contributed by atoms with Crippen LogP contribution in [-0.2, 0) is 4.79 Å². The SMILES string of the molecule is CC(C)N1CCC[C@@]2(CCCNC2)C1=O. The number of carbonyl (C=O) groups excluding carboxylic acids is 1. The number of hydrogen-bond donors (Lipinski definition) is 1. The summed E-state index contributed by atoms with van der Waals surface area (Å²) in [5.41, 5.74) is -0.0548. The Hall–Kier alpha value is -0.570. The van der Waals surface area contributed by atoms with Crippen LogP contribution in [0.25, 0.3) is 0 Å². The Morgan fingerprint density at radius 2 is 2.07 bits per heavy atom. The van der Waals surface area contributed by atoms with Gasteiger partial charge < -0.3 is 10.2 Å². The molecule has 1 spiro atoms. The lowest BCUT2D eigenvalue weighted by atomic mass is 9.73. The van der Waals surface area contributed by atoms with Crippen LogP contribution in [0.15, 0.2) is 0 Å². The molecule has 2 rings (SSSR count). The number of hydrogen-bond acceptors (Lipinski definition) is 2. The van der Waals surface area contributed by atoms with Crippen molar-refractivity contribution >= 4 is 5.91 Å². The van der Waals surface area contributed by atoms with E-state index in [2.05, 4.69) is 24.1 Å². The van der Waals surface area contributed by atoms with Crippen LogP contribution in [0.3, 0.4) is 0 Å². The van der Waals surface area contributed by atoms with Gasteiger partial charge in [0.05, 0.1) is 5.41 Å². The van der Waals surface area contributed by atoms with Gasteiger partial charge in [-0.05, 0) is 46.1 Å². The number of likely N-dealkylation sites (tertiary alicyclic amines) is 1. The van der Waals surface area contributed by atoms with Crippen LogP contribution in [0, 0.1) is 5.41 Å². The van der Waals surface area contributed by atoms with Gasteiger partial charge in [-0.2, -0.15) is 0 Å². The van der Waals surface area contributed by atoms with Gasteiger partial charge in [-0.25, -0.2) is 0 Å². The highest BCUT2D eigenvalue weighted by atomic mass is 16.2. The topological polar surface area (TPSA) is 32.3 Å². The zero-order valence-corrected chi connectivity index (χ0v) is 9.88. The first-order valence-corrected chi connectivity index (χ1v) is 6.17. The number of nitrogens with one attached hydrogen (secondary N) is 1. The van der Waals surface area contributed by atoms with E-state index in [1.165, 1.54) is 6.42 Å². The summed E-state index contributed by atoms with van der Waals surface area (Å²) in [5.74, 6) is 0.399. The Bertz CT molecular complexity index is 238. The molecule has 86 valence electrons. The number of carbonyl (C=O) groups is 1. The summed E-state index contributed by atoms with van der Waals surface area (Å²) in [7, 11) is 0. The molecule has 0 radical (unpaired) electrons. The van der Waals surface area contributed by atoms with Gasteiger partial charge in [0.25, 0.3) is 0 Å². The van der Waals surface area contributed by atoms with E-state index in [1.54, 1.807) is 0 Å². The predicted octanol–water partition coefficient (Wildman–Crippen LogP) is 1.39. The molecule has 1 atom stereocenters. The second-order valence-corrected chi connectivity index (χ2v) is 5.26. The van der Waals surface area contributed by atoms with Crippen LogP contribution < -0.4 is 5.32 Å². The summed E-state index contributed by atoms with van der Waals surface area (Å²) in [6.45, 7) is 7.17. The maximum absolute atomic E-state index is 12.4. The average molecular weight is 210 g/mol. The molecule has 2 fully saturated rings. The van der Waals surface area contributed by atoms with Gasteiger partial charge in [-0.3, -0.25) is 4.79 Å². The zero-order chi connectivity index (χ0) is 10.9. The molecule has 3 heteroatoms. The molecular weight excluding hydrogens is 188 g/mol. The molecule has 0 aromatic heterocycles. The third-order valence-corrected chi connectivity index (χ3v) is 3.86. The standard InChI is InChI=1S/C12H22N2O/c1-10(2)14-8-4-6-12(11(14)15)5-3-7-13-9-12/h10,13H,3-9H2,1-2H3/t12-/m1/s1. The molecule has 0 aromatic rings. The first kappa shape index (κ1) is 10.9. The molecule has 1 N–H and O–H groups in total. The lowest BCUT2D eigenvalue weighted by Gasteiger charge is -2.45. The molecule has 15 heavy (non-hydrogen) atoms. The smallest absolute Gasteiger partial charge is 0.230 e. The Morgan fingerprint density at radius 3 is 2.67 bits per heavy atom. The fourth-order valence-corrected chi connectivity index (χ4v) is 2.96. The van der Waals surface area contributed by atoms with Crippen molar-refractivity contribution in [3.05, 3.63) is 0 Å². The molecule has 2 aliphatic heterocycles. The van der Waals surface area contributed by atoms with E-state index >= 15 is 0 Å². The molecule has 2 saturated heterocycles. The van der Waals surface area contributed by atoms with E-state index in [0.717, 1.165) is 38.9 Å². The van der Waals surface area contributed by atoms with Crippen molar-refractivity contribution in [1.82, 2.24) is 10.2 Å². The van der Waals surface area contributed by atoms with E-state index in [0.29, 0.717) is 11.9 Å². The van der Waals surface area contributed by atoms with Gasteiger partial charge >= 0.3 is 0 Å². The van der Waals surface area contributed by atoms with Crippen molar-refractivity contribution in [2.24, 2.45) is 5.41 Å². The lowest BCUT2D eigenvalue weighted by molar-refractivity contribution is -0.149. The van der Waals surface area contributed by atoms with Crippen molar-refractivity contribution in [2.75, 3.05) is 19.6 Å². The summed E-state index contributed by atoms with van der Waals surface area (Å²) in [5, 5.41) is 3.39. The molecule has 2 heterocycles. The first-order valence-electron chi connectivity index (χ1n) is 6.17. The van der Waals surface area contributed by atoms with Gasteiger partial charge in [0.2, 0.25) is 5.91 Å². The van der Waals surface area contributed by atoms with Crippen molar-refractivity contribution in [2.45, 2.75) is 45.6 Å². The molecular formula is C12H22N2O. The van der Waals surface area contributed by atoms with Gasteiger partial charge in [0.1, 0.15) is 0 Å². The molecule has 0 aromatic carbocycles. The van der Waals surface area contributed by atoms with Crippen molar-refractivity contribution in [1.29, 1.82) is 0 Å². The number of nitrogens with zero attached hydrogens (tertiary/aromatic N) is 1. The second-order valence-electron chi connectivity index (χ2n) is 5.26. The monoisotopic (exact) mass is 210 g/mol. The Morgan fingerprint density at radius 1 is 1.33 bits per heavy atom. The molecule has 1 amide bonds. The predicted molar refractivity (Wildman–Crippen MR) is 60.6 cm³/mol. The fourth-order valence-electron chi connectivity index (χ4n) is 2.96. The normalized spacial score (nSPS) is 32.7. The van der Waals surface area contributed by atoms with E-state index in [9.17, 15) is 4.79 Å². The van der Waals surface area contributed by atoms with Gasteiger partial charge in [-0.1, -0.05) is 0 Å². The highest BCUT2D eigenvalue weighted by Gasteiger charge is 2.44. The molecule has 2 aliphatic rings. The third-order valence-electron chi connectivity index (χ3n) is 3.86. The van der Waals surface area contributed by atoms with E-state index < -0.39 is 0 Å². The largest absolute Gasteiger partial charge is 0.340 e. The quantitative estimate of drug-likeness (QED) is 0.709. The van der Waals surface area contributed by atoms with Crippen LogP contribution in [0.2, 0.25) is 0 Å². The van der Waals surface area contributed by atoms with E-state index in [4.69, 9.17) is 0 Å². The minimum atomic E-state index is -0.0548. The van der Waals surface area contributed by atoms with Crippen LogP contribution in [0.1, 0.15) is 39.5 Å². The first-order chi connectivity index (χ1) is 7.16. The maximum atomic E-state index is 12.4. The minimum absolute atomic E-state index is 0.0548. The lowest BCUT2D eigenvalue weighted by Crippen LogP contribution is -2.56. The van der Waals surface area contributed by atoms with Gasteiger partial charge in [0, 0.05) is 19.1 Å². The van der Waals surface area contributed by atoms with Crippen LogP contribution >= 0.6 is 0 Å². The highest BCUT2D eigenvalue weighted by molar-refractivity contribution is 5.84. The Balaban J connectivity index is 2.14. The Labute approximate surface area is 92.2 Å². The van der Waals surface area contributed by atoms with E-state index in [-0.39, 0.29) is 5.41 Å². The summed E-state index contributed by atoms with van der Waals surface area (Å²) in [4.78, 5) is 14.5. The fraction of sp³-hybridized carbons (Fsp3) is 0.917. The summed E-state index contributed by atoms with van der Waals surface area (Å²) in [6.07, 6.45) is 4.49. The molecule has 0 unspecified atom stereocenters. The number of rotatable bonds is 1. The minimum Gasteiger partial charge on any atom is -0.340 e. The average Bonchev–Trinajstić information content (AvgIpc) is 2.23. The summed E-state index contributed by atoms with van der Waals surface area (Å²) >= 11 is 0. The van der Waals surface area contributed by atoms with Gasteiger partial charge in [-0.15, -0.1) is 0 Å².